The van der Waals surface area contributed by atoms with Gasteiger partial charge in [0.1, 0.15) is 6.04 Å². The van der Waals surface area contributed by atoms with Gasteiger partial charge in [-0.1, -0.05) is 20.8 Å². The predicted octanol–water partition coefficient (Wildman–Crippen LogP) is 3.19. The number of hydrogen-bond acceptors (Lipinski definition) is 4. The predicted molar refractivity (Wildman–Crippen MR) is 78.0 cm³/mol. The maximum absolute atomic E-state index is 12.1. The molecule has 2 rings (SSSR count). The van der Waals surface area contributed by atoms with Gasteiger partial charge in [-0.15, -0.1) is 22.7 Å². The minimum absolute atomic E-state index is 0.323. The van der Waals surface area contributed by atoms with E-state index in [0.29, 0.717) is 4.88 Å². The molecular weight excluding hydrogens is 282 g/mol. The highest BCUT2D eigenvalue weighted by Gasteiger charge is 2.33. The van der Waals surface area contributed by atoms with Crippen LogP contribution in [0.2, 0.25) is 0 Å². The van der Waals surface area contributed by atoms with Crippen LogP contribution in [-0.4, -0.2) is 23.0 Å². The van der Waals surface area contributed by atoms with Crippen molar-refractivity contribution in [3.05, 3.63) is 22.4 Å². The monoisotopic (exact) mass is 297 g/mol. The lowest BCUT2D eigenvalue weighted by molar-refractivity contribution is -0.142. The average molecular weight is 297 g/mol. The lowest BCUT2D eigenvalue weighted by atomic mass is 9.87. The average Bonchev–Trinajstić information content (AvgIpc) is 2.82. The van der Waals surface area contributed by atoms with Crippen molar-refractivity contribution < 1.29 is 14.7 Å². The van der Waals surface area contributed by atoms with Gasteiger partial charge in [-0.2, -0.15) is 0 Å². The summed E-state index contributed by atoms with van der Waals surface area (Å²) in [4.78, 5) is 23.9. The highest BCUT2D eigenvalue weighted by Crippen LogP contribution is 2.30. The highest BCUT2D eigenvalue weighted by molar-refractivity contribution is 7.27. The van der Waals surface area contributed by atoms with Gasteiger partial charge < -0.3 is 10.4 Å². The Morgan fingerprint density at radius 3 is 2.53 bits per heavy atom. The Hall–Kier alpha value is -1.40. The van der Waals surface area contributed by atoms with Crippen LogP contribution in [0.3, 0.4) is 0 Å². The van der Waals surface area contributed by atoms with Crippen LogP contribution < -0.4 is 5.32 Å². The number of nitrogens with one attached hydrogen (secondary N) is 1. The molecule has 2 aromatic rings. The van der Waals surface area contributed by atoms with E-state index in [1.165, 1.54) is 11.3 Å². The Kier molecular flexibility index (Phi) is 3.64. The van der Waals surface area contributed by atoms with Gasteiger partial charge in [0.2, 0.25) is 0 Å². The third-order valence-electron chi connectivity index (χ3n) is 2.75. The van der Waals surface area contributed by atoms with Crippen molar-refractivity contribution in [2.75, 3.05) is 0 Å². The number of fused-ring (bicyclic) bond motifs is 1. The van der Waals surface area contributed by atoms with Crippen molar-refractivity contribution in [3.63, 3.8) is 0 Å². The molecule has 1 amide bonds. The van der Waals surface area contributed by atoms with E-state index in [4.69, 9.17) is 0 Å². The summed E-state index contributed by atoms with van der Waals surface area (Å²) >= 11 is 2.95. The Morgan fingerprint density at radius 1 is 1.32 bits per heavy atom. The number of carboxylic acid groups (broad SMARTS) is 1. The molecule has 0 spiro atoms. The fourth-order valence-corrected chi connectivity index (χ4v) is 3.74. The van der Waals surface area contributed by atoms with Crippen LogP contribution in [0.4, 0.5) is 0 Å². The molecule has 0 aromatic carbocycles. The van der Waals surface area contributed by atoms with Crippen LogP contribution in [0.25, 0.3) is 9.40 Å². The normalized spacial score (nSPS) is 13.4. The van der Waals surface area contributed by atoms with Crippen molar-refractivity contribution in [2.45, 2.75) is 26.8 Å². The Balaban J connectivity index is 2.20. The van der Waals surface area contributed by atoms with Crippen LogP contribution in [0.15, 0.2) is 17.5 Å². The fourth-order valence-electron chi connectivity index (χ4n) is 1.73. The summed E-state index contributed by atoms with van der Waals surface area (Å²) in [7, 11) is 0. The summed E-state index contributed by atoms with van der Waals surface area (Å²) in [5, 5.41) is 13.8. The van der Waals surface area contributed by atoms with Crippen LogP contribution in [0.1, 0.15) is 30.4 Å². The molecule has 2 aromatic heterocycles. The minimum atomic E-state index is -1.01. The van der Waals surface area contributed by atoms with Gasteiger partial charge in [-0.3, -0.25) is 4.79 Å². The lowest BCUT2D eigenvalue weighted by Gasteiger charge is -2.27. The van der Waals surface area contributed by atoms with E-state index < -0.39 is 17.4 Å². The summed E-state index contributed by atoms with van der Waals surface area (Å²) in [6.45, 7) is 5.37. The second-order valence-corrected chi connectivity index (χ2v) is 7.40. The Bertz CT molecular complexity index is 593. The molecule has 0 bridgehead atoms. The van der Waals surface area contributed by atoms with Crippen molar-refractivity contribution in [1.29, 1.82) is 0 Å². The third-order valence-corrected chi connectivity index (χ3v) is 4.84. The molecule has 4 nitrogen and oxygen atoms in total. The van der Waals surface area contributed by atoms with Gasteiger partial charge in [0.25, 0.3) is 5.91 Å². The molecule has 2 N–H and O–H groups in total. The van der Waals surface area contributed by atoms with E-state index in [2.05, 4.69) is 5.32 Å². The van der Waals surface area contributed by atoms with E-state index >= 15 is 0 Å². The van der Waals surface area contributed by atoms with Gasteiger partial charge in [-0.25, -0.2) is 4.79 Å². The highest BCUT2D eigenvalue weighted by atomic mass is 32.1. The van der Waals surface area contributed by atoms with E-state index in [1.54, 1.807) is 32.1 Å². The molecule has 0 saturated heterocycles. The topological polar surface area (TPSA) is 66.4 Å². The van der Waals surface area contributed by atoms with Crippen molar-refractivity contribution in [3.8, 4) is 0 Å². The Labute approximate surface area is 119 Å². The summed E-state index contributed by atoms with van der Waals surface area (Å²) in [6, 6.07) is 2.86. The first-order valence-corrected chi connectivity index (χ1v) is 7.49. The Morgan fingerprint density at radius 2 is 2.00 bits per heavy atom. The molecule has 0 aliphatic rings. The number of carbonyl (C=O) groups is 2. The first kappa shape index (κ1) is 14.0. The number of amides is 1. The molecule has 2 heterocycles. The van der Waals surface area contributed by atoms with Crippen molar-refractivity contribution in [2.24, 2.45) is 5.41 Å². The maximum atomic E-state index is 12.1. The number of aliphatic carboxylic acids is 1. The van der Waals surface area contributed by atoms with Crippen molar-refractivity contribution >= 4 is 43.9 Å². The molecule has 0 aliphatic heterocycles. The standard InChI is InChI=1S/C13H15NO3S2/c1-13(2,3)10(12(16)17)14-11(15)9-6-8-7(19-9)4-5-18-8/h4-6,10H,1-3H3,(H,14,15)(H,16,17)/t10-/m1/s1. The van der Waals surface area contributed by atoms with Gasteiger partial charge >= 0.3 is 5.97 Å². The molecule has 102 valence electrons. The number of rotatable bonds is 3. The number of carboxylic acids is 1. The molecule has 19 heavy (non-hydrogen) atoms. The number of carbonyl (C=O) groups excluding carboxylic acids is 1. The zero-order chi connectivity index (χ0) is 14.2. The molecule has 0 unspecified atom stereocenters. The molecule has 0 saturated carbocycles. The molecule has 1 atom stereocenters. The largest absolute Gasteiger partial charge is 0.480 e. The zero-order valence-electron chi connectivity index (χ0n) is 10.9. The van der Waals surface area contributed by atoms with Crippen molar-refractivity contribution in [1.82, 2.24) is 5.32 Å². The summed E-state index contributed by atoms with van der Waals surface area (Å²) in [5.74, 6) is -1.34. The zero-order valence-corrected chi connectivity index (χ0v) is 12.5. The first-order chi connectivity index (χ1) is 8.79. The second-order valence-electron chi connectivity index (χ2n) is 5.37. The van der Waals surface area contributed by atoms with E-state index in [9.17, 15) is 14.7 Å². The van der Waals surface area contributed by atoms with Gasteiger partial charge in [0.15, 0.2) is 0 Å². The number of hydrogen-bond donors (Lipinski definition) is 2. The van der Waals surface area contributed by atoms with Crippen LogP contribution in [0, 0.1) is 5.41 Å². The third kappa shape index (κ3) is 2.96. The lowest BCUT2D eigenvalue weighted by Crippen LogP contribution is -2.48. The number of thiophene rings is 2. The summed E-state index contributed by atoms with van der Waals surface area (Å²) < 4.78 is 2.11. The summed E-state index contributed by atoms with van der Waals surface area (Å²) in [6.07, 6.45) is 0. The maximum Gasteiger partial charge on any atom is 0.326 e. The molecule has 0 fully saturated rings. The van der Waals surface area contributed by atoms with E-state index in [0.717, 1.165) is 9.40 Å². The molecule has 0 aliphatic carbocycles. The fraction of sp³-hybridized carbons (Fsp3) is 0.385. The smallest absolute Gasteiger partial charge is 0.326 e. The van der Waals surface area contributed by atoms with Crippen LogP contribution in [-0.2, 0) is 4.79 Å². The van der Waals surface area contributed by atoms with E-state index in [-0.39, 0.29) is 5.91 Å². The van der Waals surface area contributed by atoms with Gasteiger partial charge in [-0.05, 0) is 22.9 Å². The SMILES string of the molecule is CC(C)(C)[C@H](NC(=O)c1cc2sccc2s1)C(=O)O. The first-order valence-electron chi connectivity index (χ1n) is 5.80. The van der Waals surface area contributed by atoms with Crippen LogP contribution in [0.5, 0.6) is 0 Å². The minimum Gasteiger partial charge on any atom is -0.480 e. The second kappa shape index (κ2) is 4.94. The van der Waals surface area contributed by atoms with E-state index in [1.807, 2.05) is 17.5 Å². The quantitative estimate of drug-likeness (QED) is 0.914. The van der Waals surface area contributed by atoms with Gasteiger partial charge in [0, 0.05) is 9.40 Å². The molecule has 6 heteroatoms. The molecule has 0 radical (unpaired) electrons. The summed E-state index contributed by atoms with van der Waals surface area (Å²) in [5.41, 5.74) is -0.532. The van der Waals surface area contributed by atoms with Crippen LogP contribution >= 0.6 is 22.7 Å². The molecular formula is C13H15NO3S2. The van der Waals surface area contributed by atoms with Gasteiger partial charge in [0.05, 0.1) is 4.88 Å².